The second kappa shape index (κ2) is 7.66. The fourth-order valence-electron chi connectivity index (χ4n) is 3.68. The van der Waals surface area contributed by atoms with Crippen LogP contribution >= 0.6 is 11.6 Å². The molecular formula is C20H17ClF2N8O2. The van der Waals surface area contributed by atoms with Crippen LogP contribution in [-0.4, -0.2) is 56.8 Å². The minimum absolute atomic E-state index is 0.0597. The molecule has 13 heteroatoms. The van der Waals surface area contributed by atoms with Crippen LogP contribution in [0.5, 0.6) is 0 Å². The molecule has 0 saturated heterocycles. The van der Waals surface area contributed by atoms with Gasteiger partial charge in [-0.1, -0.05) is 11.6 Å². The fourth-order valence-corrected chi connectivity index (χ4v) is 3.96. The highest BCUT2D eigenvalue weighted by Crippen LogP contribution is 2.42. The monoisotopic (exact) mass is 474 g/mol. The van der Waals surface area contributed by atoms with E-state index in [-0.39, 0.29) is 34.0 Å². The highest BCUT2D eigenvalue weighted by atomic mass is 35.5. The molecule has 0 spiro atoms. The van der Waals surface area contributed by atoms with Crippen LogP contribution in [0.1, 0.15) is 6.42 Å². The number of carbonyl (C=O) groups excluding carboxylic acids is 2. The average Bonchev–Trinajstić information content (AvgIpc) is 3.17. The van der Waals surface area contributed by atoms with Crippen LogP contribution in [0.4, 0.5) is 25.1 Å². The first-order valence-corrected chi connectivity index (χ1v) is 10.3. The van der Waals surface area contributed by atoms with E-state index in [1.54, 1.807) is 16.8 Å². The molecular weight excluding hydrogens is 458 g/mol. The van der Waals surface area contributed by atoms with E-state index in [4.69, 9.17) is 11.6 Å². The number of benzene rings is 1. The number of alkyl halides is 1. The van der Waals surface area contributed by atoms with E-state index in [1.807, 2.05) is 0 Å². The molecule has 2 unspecified atom stereocenters. The quantitative estimate of drug-likeness (QED) is 0.419. The van der Waals surface area contributed by atoms with Crippen molar-refractivity contribution in [1.29, 1.82) is 0 Å². The minimum atomic E-state index is -1.12. The Morgan fingerprint density at radius 3 is 2.79 bits per heavy atom. The number of H-pyrrole nitrogens is 1. The number of aromatic nitrogens is 5. The standard InChI is InChI=1S/C20H17ClF2N8O2/c1-24-20(33)30(2)18-16(23)15(21)14(9-4-26-29-17(9)18)11-6-31-7-12(27-13(31)5-25-11)28-19(32)8-3-10(8)22/h4-8,10H,3H2,1-2H3,(H,24,33)(H,26,29)(H,28,32). The number of nitrogens with one attached hydrogen (secondary N) is 3. The number of hydrogen-bond acceptors (Lipinski definition) is 5. The molecule has 3 heterocycles. The Kier molecular flexibility index (Phi) is 4.89. The summed E-state index contributed by atoms with van der Waals surface area (Å²) in [4.78, 5) is 33.8. The summed E-state index contributed by atoms with van der Waals surface area (Å²) >= 11 is 6.41. The maximum Gasteiger partial charge on any atom is 0.321 e. The number of anilines is 2. The summed E-state index contributed by atoms with van der Waals surface area (Å²) in [6, 6.07) is -0.536. The number of amides is 3. The average molecular weight is 475 g/mol. The molecule has 4 aromatic rings. The molecule has 2 atom stereocenters. The molecule has 10 nitrogen and oxygen atoms in total. The first-order valence-electron chi connectivity index (χ1n) is 9.89. The van der Waals surface area contributed by atoms with Crippen molar-refractivity contribution >= 4 is 51.6 Å². The lowest BCUT2D eigenvalue weighted by Crippen LogP contribution is -2.35. The summed E-state index contributed by atoms with van der Waals surface area (Å²) < 4.78 is 30.1. The highest BCUT2D eigenvalue weighted by molar-refractivity contribution is 6.36. The molecule has 3 amide bonds. The molecule has 1 fully saturated rings. The van der Waals surface area contributed by atoms with Crippen LogP contribution in [0, 0.1) is 11.7 Å². The van der Waals surface area contributed by atoms with Crippen molar-refractivity contribution in [3.05, 3.63) is 35.6 Å². The predicted octanol–water partition coefficient (Wildman–Crippen LogP) is 3.14. The Morgan fingerprint density at radius 1 is 1.33 bits per heavy atom. The molecule has 1 aromatic carbocycles. The van der Waals surface area contributed by atoms with Crippen LogP contribution in [-0.2, 0) is 4.79 Å². The van der Waals surface area contributed by atoms with Crippen LogP contribution < -0.4 is 15.5 Å². The van der Waals surface area contributed by atoms with E-state index in [2.05, 4.69) is 30.8 Å². The Morgan fingerprint density at radius 2 is 2.09 bits per heavy atom. The number of imidazole rings is 1. The summed E-state index contributed by atoms with van der Waals surface area (Å²) in [6.07, 6.45) is 5.10. The van der Waals surface area contributed by atoms with Gasteiger partial charge in [-0.2, -0.15) is 5.10 Å². The van der Waals surface area contributed by atoms with E-state index in [1.165, 1.54) is 26.5 Å². The van der Waals surface area contributed by atoms with Crippen molar-refractivity contribution in [2.24, 2.45) is 5.92 Å². The Bertz CT molecular complexity index is 1430. The Balaban J connectivity index is 1.58. The van der Waals surface area contributed by atoms with E-state index in [0.29, 0.717) is 16.7 Å². The SMILES string of the molecule is CNC(=O)N(C)c1c(F)c(Cl)c(-c2cn3cc(NC(=O)C4CC4F)nc3cn2)c2cn[nH]c12. The number of hydrogen-bond donors (Lipinski definition) is 3. The van der Waals surface area contributed by atoms with Crippen LogP contribution in [0.3, 0.4) is 0 Å². The number of halogens is 3. The number of urea groups is 1. The van der Waals surface area contributed by atoms with Gasteiger partial charge in [0.05, 0.1) is 40.7 Å². The normalized spacial score (nSPS) is 17.4. The molecule has 0 bridgehead atoms. The van der Waals surface area contributed by atoms with Crippen molar-refractivity contribution in [3.63, 3.8) is 0 Å². The smallest absolute Gasteiger partial charge is 0.321 e. The molecule has 0 radical (unpaired) electrons. The van der Waals surface area contributed by atoms with Crippen LogP contribution in [0.15, 0.2) is 24.8 Å². The Hall–Kier alpha value is -3.80. The van der Waals surface area contributed by atoms with E-state index < -0.39 is 29.8 Å². The topological polar surface area (TPSA) is 120 Å². The maximum absolute atomic E-state index is 15.4. The Labute approximate surface area is 189 Å². The molecule has 3 aromatic heterocycles. The van der Waals surface area contributed by atoms with Gasteiger partial charge >= 0.3 is 6.03 Å². The molecule has 33 heavy (non-hydrogen) atoms. The van der Waals surface area contributed by atoms with Crippen molar-refractivity contribution in [1.82, 2.24) is 29.9 Å². The maximum atomic E-state index is 15.4. The van der Waals surface area contributed by atoms with Gasteiger partial charge in [0.2, 0.25) is 5.91 Å². The lowest BCUT2D eigenvalue weighted by Gasteiger charge is -2.20. The van der Waals surface area contributed by atoms with Crippen LogP contribution in [0.2, 0.25) is 5.02 Å². The van der Waals surface area contributed by atoms with Gasteiger partial charge in [-0.15, -0.1) is 0 Å². The number of carbonyl (C=O) groups is 2. The molecule has 3 N–H and O–H groups in total. The number of aromatic amines is 1. The van der Waals surface area contributed by atoms with Gasteiger partial charge in [0.1, 0.15) is 11.9 Å². The lowest BCUT2D eigenvalue weighted by molar-refractivity contribution is -0.117. The summed E-state index contributed by atoms with van der Waals surface area (Å²) in [6.45, 7) is 0. The molecule has 1 aliphatic carbocycles. The molecule has 5 rings (SSSR count). The van der Waals surface area contributed by atoms with E-state index in [9.17, 15) is 14.0 Å². The minimum Gasteiger partial charge on any atom is -0.341 e. The molecule has 1 saturated carbocycles. The zero-order valence-electron chi connectivity index (χ0n) is 17.4. The van der Waals surface area contributed by atoms with Crippen molar-refractivity contribution in [2.75, 3.05) is 24.3 Å². The van der Waals surface area contributed by atoms with Crippen molar-refractivity contribution < 1.29 is 18.4 Å². The van der Waals surface area contributed by atoms with Gasteiger partial charge in [-0.05, 0) is 6.42 Å². The van der Waals surface area contributed by atoms with Crippen molar-refractivity contribution in [3.8, 4) is 11.3 Å². The lowest BCUT2D eigenvalue weighted by atomic mass is 10.0. The van der Waals surface area contributed by atoms with Crippen molar-refractivity contribution in [2.45, 2.75) is 12.6 Å². The van der Waals surface area contributed by atoms with Gasteiger partial charge in [-0.3, -0.25) is 19.8 Å². The zero-order chi connectivity index (χ0) is 23.4. The second-order valence-electron chi connectivity index (χ2n) is 7.64. The third kappa shape index (κ3) is 3.42. The number of fused-ring (bicyclic) bond motifs is 2. The second-order valence-corrected chi connectivity index (χ2v) is 8.01. The highest BCUT2D eigenvalue weighted by Gasteiger charge is 2.43. The summed E-state index contributed by atoms with van der Waals surface area (Å²) in [5, 5.41) is 11.9. The van der Waals surface area contributed by atoms with Gasteiger partial charge < -0.3 is 15.0 Å². The predicted molar refractivity (Wildman–Crippen MR) is 118 cm³/mol. The summed E-state index contributed by atoms with van der Waals surface area (Å²) in [7, 11) is 2.84. The van der Waals surface area contributed by atoms with E-state index in [0.717, 1.165) is 4.90 Å². The van der Waals surface area contributed by atoms with Gasteiger partial charge in [0.15, 0.2) is 17.3 Å². The molecule has 0 aliphatic heterocycles. The first-order chi connectivity index (χ1) is 15.8. The third-order valence-corrected chi connectivity index (χ3v) is 5.87. The van der Waals surface area contributed by atoms with Gasteiger partial charge in [0.25, 0.3) is 0 Å². The summed E-state index contributed by atoms with van der Waals surface area (Å²) in [5.41, 5.74) is 1.21. The summed E-state index contributed by atoms with van der Waals surface area (Å²) in [5.74, 6) is -1.65. The zero-order valence-corrected chi connectivity index (χ0v) is 18.1. The first kappa shape index (κ1) is 21.1. The van der Waals surface area contributed by atoms with E-state index >= 15 is 4.39 Å². The molecule has 1 aliphatic rings. The molecule has 170 valence electrons. The fraction of sp³-hybridized carbons (Fsp3) is 0.250. The van der Waals surface area contributed by atoms with Gasteiger partial charge in [-0.25, -0.2) is 18.6 Å². The van der Waals surface area contributed by atoms with Gasteiger partial charge in [0, 0.05) is 31.2 Å². The number of rotatable bonds is 4. The van der Waals surface area contributed by atoms with Crippen LogP contribution in [0.25, 0.3) is 27.8 Å². The third-order valence-electron chi connectivity index (χ3n) is 5.52. The number of nitrogens with zero attached hydrogens (tertiary/aromatic N) is 5. The largest absolute Gasteiger partial charge is 0.341 e.